The Morgan fingerprint density at radius 2 is 1.25 bits per heavy atom. The molecule has 232 valence electrons. The van der Waals surface area contributed by atoms with E-state index in [-0.39, 0.29) is 53.8 Å². The Balaban J connectivity index is 0.00000384. The molecule has 12 heteroatoms. The number of aromatic hydroxyl groups is 1. The number of benzene rings is 3. The summed E-state index contributed by atoms with van der Waals surface area (Å²) in [5.74, 6) is 1.16. The number of hydrogen-bond acceptors (Lipinski definition) is 10. The summed E-state index contributed by atoms with van der Waals surface area (Å²) in [6.07, 6.45) is 1.56. The van der Waals surface area contributed by atoms with E-state index in [0.29, 0.717) is 37.3 Å². The lowest BCUT2D eigenvalue weighted by Crippen LogP contribution is -2.53. The molecule has 6 rings (SSSR count). The molecule has 11 N–H and O–H groups in total. The number of fused-ring (bicyclic) bond motifs is 1. The lowest BCUT2D eigenvalue weighted by molar-refractivity contribution is 0.102. The van der Waals surface area contributed by atoms with E-state index in [4.69, 9.17) is 27.9 Å². The van der Waals surface area contributed by atoms with Crippen LogP contribution in [0.3, 0.4) is 0 Å². The molecule has 0 bridgehead atoms. The van der Waals surface area contributed by atoms with Crippen molar-refractivity contribution < 1.29 is 9.90 Å². The normalized spacial score (nSPS) is 21.9. The van der Waals surface area contributed by atoms with Crippen LogP contribution < -0.4 is 43.4 Å². The number of carbonyl (C=O) groups excluding carboxylic acids is 1. The zero-order valence-corrected chi connectivity index (χ0v) is 25.2. The molecule has 0 spiro atoms. The highest BCUT2D eigenvalue weighted by Gasteiger charge is 2.27. The first-order chi connectivity index (χ1) is 20.7. The molecule has 1 aromatic heterocycles. The van der Waals surface area contributed by atoms with Crippen molar-refractivity contribution in [1.29, 1.82) is 0 Å². The maximum absolute atomic E-state index is 13.0. The maximum atomic E-state index is 13.0. The summed E-state index contributed by atoms with van der Waals surface area (Å²) in [6.45, 7) is 2.68. The number of aromatic nitrogens is 1. The van der Waals surface area contributed by atoms with Crippen molar-refractivity contribution in [2.24, 2.45) is 22.9 Å². The monoisotopic (exact) mass is 617 g/mol. The molecule has 2 aliphatic heterocycles. The van der Waals surface area contributed by atoms with Gasteiger partial charge in [-0.05, 0) is 48.6 Å². The Hall–Kier alpha value is -4.13. The first kappa shape index (κ1) is 31.3. The Bertz CT molecular complexity index is 1560. The third kappa shape index (κ3) is 6.98. The van der Waals surface area contributed by atoms with Crippen molar-refractivity contribution >= 4 is 57.8 Å². The minimum absolute atomic E-state index is 0. The number of pyridine rings is 1. The highest BCUT2D eigenvalue weighted by atomic mass is 35.5. The SMILES string of the molecule is Cl.N[C@@H]1C[C@H](N)CN(c2cc(Nc3ccc(NC(=O)c4ccc5ccccc5c4O)cc3)cc(N3C[C@H](N)C[C@H](N)C3)n2)C1. The third-order valence-electron chi connectivity index (χ3n) is 8.05. The van der Waals surface area contributed by atoms with Crippen LogP contribution in [0, 0.1) is 0 Å². The molecule has 0 radical (unpaired) electrons. The molecule has 3 aromatic carbocycles. The van der Waals surface area contributed by atoms with Crippen LogP contribution in [0.15, 0.2) is 72.8 Å². The molecule has 4 atom stereocenters. The smallest absolute Gasteiger partial charge is 0.259 e. The van der Waals surface area contributed by atoms with Crippen LogP contribution in [-0.4, -0.2) is 66.3 Å². The summed E-state index contributed by atoms with van der Waals surface area (Å²) in [6, 6.07) is 22.1. The second kappa shape index (κ2) is 13.2. The van der Waals surface area contributed by atoms with E-state index in [1.54, 1.807) is 12.1 Å². The van der Waals surface area contributed by atoms with Gasteiger partial charge in [0.1, 0.15) is 17.4 Å². The molecule has 2 fully saturated rings. The standard InChI is InChI=1S/C32H39N9O2.ClH/c33-20-11-21(34)16-40(15-20)29-13-26(14-30(39-29)41-17-22(35)12-23(36)18-41)37-24-6-8-25(9-7-24)38-32(43)28-10-5-19-3-1-2-4-27(19)31(28)42;/h1-10,13-14,20-23,42H,11-12,15-18,33-36H2,(H,37,39)(H,38,43);1H/t20-,21+,22-,23+;. The molecule has 0 saturated carbocycles. The van der Waals surface area contributed by atoms with Gasteiger partial charge in [-0.15, -0.1) is 12.4 Å². The van der Waals surface area contributed by atoms with Gasteiger partial charge >= 0.3 is 0 Å². The van der Waals surface area contributed by atoms with Crippen LogP contribution in [0.4, 0.5) is 28.7 Å². The number of hydrogen-bond donors (Lipinski definition) is 7. The van der Waals surface area contributed by atoms with Crippen molar-refractivity contribution in [3.8, 4) is 5.75 Å². The Labute approximate surface area is 263 Å². The zero-order chi connectivity index (χ0) is 30.1. The molecular weight excluding hydrogens is 578 g/mol. The van der Waals surface area contributed by atoms with Crippen molar-refractivity contribution in [2.45, 2.75) is 37.0 Å². The number of piperidine rings is 2. The van der Waals surface area contributed by atoms with Crippen LogP contribution in [0.1, 0.15) is 23.2 Å². The first-order valence-electron chi connectivity index (χ1n) is 14.7. The highest BCUT2D eigenvalue weighted by Crippen LogP contribution is 2.31. The number of rotatable bonds is 6. The summed E-state index contributed by atoms with van der Waals surface area (Å²) < 4.78 is 0. The first-order valence-corrected chi connectivity index (χ1v) is 14.7. The summed E-state index contributed by atoms with van der Waals surface area (Å²) >= 11 is 0. The van der Waals surface area contributed by atoms with Gasteiger partial charge in [-0.3, -0.25) is 4.79 Å². The number of nitrogens with one attached hydrogen (secondary N) is 2. The van der Waals surface area contributed by atoms with Crippen molar-refractivity contribution in [3.63, 3.8) is 0 Å². The van der Waals surface area contributed by atoms with Crippen LogP contribution in [0.2, 0.25) is 0 Å². The Morgan fingerprint density at radius 1 is 0.727 bits per heavy atom. The van der Waals surface area contributed by atoms with E-state index < -0.39 is 0 Å². The van der Waals surface area contributed by atoms with Gasteiger partial charge < -0.3 is 48.5 Å². The molecule has 44 heavy (non-hydrogen) atoms. The molecular formula is C32H40ClN9O2. The van der Waals surface area contributed by atoms with Gasteiger partial charge in [0.05, 0.1) is 5.56 Å². The van der Waals surface area contributed by atoms with Gasteiger partial charge in [0.15, 0.2) is 0 Å². The number of phenolic OH excluding ortho intramolecular Hbond substituents is 1. The van der Waals surface area contributed by atoms with Gasteiger partial charge in [-0.2, -0.15) is 0 Å². The zero-order valence-electron chi connectivity index (χ0n) is 24.4. The molecule has 1 amide bonds. The molecule has 2 saturated heterocycles. The second-order valence-corrected chi connectivity index (χ2v) is 11.7. The van der Waals surface area contributed by atoms with Crippen molar-refractivity contribution in [1.82, 2.24) is 4.98 Å². The lowest BCUT2D eigenvalue weighted by atomic mass is 10.0. The van der Waals surface area contributed by atoms with E-state index in [2.05, 4.69) is 20.4 Å². The Kier molecular flexibility index (Phi) is 9.42. The largest absolute Gasteiger partial charge is 0.506 e. The van der Waals surface area contributed by atoms with Crippen molar-refractivity contribution in [2.75, 3.05) is 46.6 Å². The van der Waals surface area contributed by atoms with Gasteiger partial charge in [0, 0.05) is 84.9 Å². The fourth-order valence-electron chi connectivity index (χ4n) is 6.07. The Morgan fingerprint density at radius 3 is 1.82 bits per heavy atom. The van der Waals surface area contributed by atoms with E-state index >= 15 is 0 Å². The van der Waals surface area contributed by atoms with E-state index in [9.17, 15) is 9.90 Å². The van der Waals surface area contributed by atoms with E-state index in [1.165, 1.54) is 0 Å². The molecule has 11 nitrogen and oxygen atoms in total. The number of anilines is 5. The van der Waals surface area contributed by atoms with Crippen LogP contribution in [0.5, 0.6) is 5.75 Å². The van der Waals surface area contributed by atoms with Gasteiger partial charge in [-0.1, -0.05) is 30.3 Å². The fourth-order valence-corrected chi connectivity index (χ4v) is 6.07. The molecule has 0 aliphatic carbocycles. The van der Waals surface area contributed by atoms with Crippen LogP contribution in [0.25, 0.3) is 10.8 Å². The number of nitrogens with two attached hydrogens (primary N) is 4. The van der Waals surface area contributed by atoms with Gasteiger partial charge in [-0.25, -0.2) is 4.98 Å². The number of carbonyl (C=O) groups is 1. The molecule has 2 aliphatic rings. The fraction of sp³-hybridized carbons (Fsp3) is 0.312. The average Bonchev–Trinajstić information content (AvgIpc) is 2.97. The number of nitrogens with zero attached hydrogens (tertiary/aromatic N) is 3. The predicted molar refractivity (Wildman–Crippen MR) is 180 cm³/mol. The predicted octanol–water partition coefficient (Wildman–Crippen LogP) is 3.09. The topological polar surface area (TPSA) is 185 Å². The quantitative estimate of drug-likeness (QED) is 0.170. The van der Waals surface area contributed by atoms with Gasteiger partial charge in [0.2, 0.25) is 0 Å². The summed E-state index contributed by atoms with van der Waals surface area (Å²) in [5, 5.41) is 18.5. The molecule has 0 unspecified atom stereocenters. The van der Waals surface area contributed by atoms with E-state index in [1.807, 2.05) is 60.7 Å². The van der Waals surface area contributed by atoms with Gasteiger partial charge in [0.25, 0.3) is 5.91 Å². The average molecular weight is 618 g/mol. The highest BCUT2D eigenvalue weighted by molar-refractivity contribution is 6.09. The lowest BCUT2D eigenvalue weighted by Gasteiger charge is -2.38. The number of halogens is 1. The van der Waals surface area contributed by atoms with Crippen LogP contribution >= 0.6 is 12.4 Å². The maximum Gasteiger partial charge on any atom is 0.259 e. The second-order valence-electron chi connectivity index (χ2n) is 11.7. The molecule has 3 heterocycles. The third-order valence-corrected chi connectivity index (χ3v) is 8.05. The summed E-state index contributed by atoms with van der Waals surface area (Å²) in [4.78, 5) is 22.2. The minimum Gasteiger partial charge on any atom is -0.506 e. The number of phenols is 1. The summed E-state index contributed by atoms with van der Waals surface area (Å²) in [5.41, 5.74) is 27.7. The van der Waals surface area contributed by atoms with Crippen molar-refractivity contribution in [3.05, 3.63) is 78.4 Å². The van der Waals surface area contributed by atoms with E-state index in [0.717, 1.165) is 41.2 Å². The minimum atomic E-state index is -0.386. The number of amides is 1. The summed E-state index contributed by atoms with van der Waals surface area (Å²) in [7, 11) is 0. The van der Waals surface area contributed by atoms with Crippen LogP contribution in [-0.2, 0) is 0 Å². The molecule has 4 aromatic rings.